The van der Waals surface area contributed by atoms with Crippen molar-refractivity contribution >= 4 is 16.0 Å². The van der Waals surface area contributed by atoms with E-state index in [1.807, 2.05) is 0 Å². The summed E-state index contributed by atoms with van der Waals surface area (Å²) in [5, 5.41) is 9.89. The zero-order chi connectivity index (χ0) is 19.8. The van der Waals surface area contributed by atoms with Crippen molar-refractivity contribution in [3.63, 3.8) is 0 Å². The van der Waals surface area contributed by atoms with Gasteiger partial charge in [0.15, 0.2) is 0 Å². The van der Waals surface area contributed by atoms with Gasteiger partial charge in [0.25, 0.3) is 0 Å². The number of unbranched alkanes of at least 4 members (excludes halogenated alkanes) is 11. The molecule has 8 heteroatoms. The van der Waals surface area contributed by atoms with Crippen LogP contribution in [-0.4, -0.2) is 41.9 Å². The molecule has 2 atom stereocenters. The minimum atomic E-state index is -4.67. The minimum Gasteiger partial charge on any atom is -0.747 e. The van der Waals surface area contributed by atoms with Crippen LogP contribution in [0, 0.1) is 0 Å². The Morgan fingerprint density at radius 2 is 1.33 bits per heavy atom. The molecule has 0 radical (unpaired) electrons. The van der Waals surface area contributed by atoms with Crippen molar-refractivity contribution in [1.29, 1.82) is 0 Å². The number of hydrogen-bond acceptors (Lipinski definition) is 5. The van der Waals surface area contributed by atoms with E-state index in [0.29, 0.717) is 6.42 Å². The second-order valence-electron chi connectivity index (χ2n) is 7.25. The van der Waals surface area contributed by atoms with Crippen molar-refractivity contribution in [3.8, 4) is 0 Å². The van der Waals surface area contributed by atoms with E-state index in [2.05, 4.69) is 12.2 Å². The molecular formula is C19H38NNaO5S. The Labute approximate surface area is 188 Å². The van der Waals surface area contributed by atoms with Gasteiger partial charge in [0.1, 0.15) is 15.4 Å². The van der Waals surface area contributed by atoms with Gasteiger partial charge in [-0.15, -0.1) is 0 Å². The molecule has 0 fully saturated rings. The first-order valence-corrected chi connectivity index (χ1v) is 11.7. The number of nitrogens with one attached hydrogen (secondary N) is 1. The van der Waals surface area contributed by atoms with Crippen molar-refractivity contribution in [2.45, 2.75) is 109 Å². The van der Waals surface area contributed by atoms with Gasteiger partial charge in [-0.2, -0.15) is 0 Å². The van der Waals surface area contributed by atoms with Crippen molar-refractivity contribution < 1.29 is 52.4 Å². The molecule has 0 bridgehead atoms. The topological polar surface area (TPSA) is 107 Å². The van der Waals surface area contributed by atoms with Gasteiger partial charge < -0.3 is 15.0 Å². The van der Waals surface area contributed by atoms with E-state index in [9.17, 15) is 17.8 Å². The standard InChI is InChI=1S/C19H39NO5S.Na/c1-3-4-5-6-7-8-9-10-11-12-13-14-15-18(26(23,24)25)19(22)20-16-17(2)21;/h17-18,21H,3-16H2,1-2H3,(H,20,22)(H,23,24,25);/q;+1/p-1. The maximum atomic E-state index is 11.8. The fourth-order valence-corrected chi connectivity index (χ4v) is 3.74. The molecule has 0 spiro atoms. The Hall–Kier alpha value is 0.340. The van der Waals surface area contributed by atoms with Crippen LogP contribution >= 0.6 is 0 Å². The van der Waals surface area contributed by atoms with Crippen LogP contribution in [0.25, 0.3) is 0 Å². The van der Waals surface area contributed by atoms with E-state index in [4.69, 9.17) is 5.11 Å². The molecule has 0 heterocycles. The van der Waals surface area contributed by atoms with Gasteiger partial charge in [0, 0.05) is 6.54 Å². The Bertz CT molecular complexity index is 457. The fraction of sp³-hybridized carbons (Fsp3) is 0.947. The van der Waals surface area contributed by atoms with E-state index in [-0.39, 0.29) is 42.5 Å². The molecule has 0 rings (SSSR count). The summed E-state index contributed by atoms with van der Waals surface area (Å²) in [4.78, 5) is 11.8. The Kier molecular flexibility index (Phi) is 20.1. The second-order valence-corrected chi connectivity index (χ2v) is 8.81. The summed E-state index contributed by atoms with van der Waals surface area (Å²) in [6.45, 7) is 3.65. The third kappa shape index (κ3) is 18.1. The fourth-order valence-electron chi connectivity index (χ4n) is 2.94. The molecule has 0 aliphatic heterocycles. The van der Waals surface area contributed by atoms with Gasteiger partial charge in [-0.05, 0) is 13.3 Å². The third-order valence-electron chi connectivity index (χ3n) is 4.53. The summed E-state index contributed by atoms with van der Waals surface area (Å²) in [5.74, 6) is -0.802. The molecule has 0 aromatic rings. The van der Waals surface area contributed by atoms with Crippen LogP contribution in [0.5, 0.6) is 0 Å². The Balaban J connectivity index is 0. The number of carbonyl (C=O) groups excluding carboxylic acids is 1. The van der Waals surface area contributed by atoms with Crippen molar-refractivity contribution in [3.05, 3.63) is 0 Å². The molecule has 0 saturated carbocycles. The first-order chi connectivity index (χ1) is 12.3. The maximum Gasteiger partial charge on any atom is 1.00 e. The average Bonchev–Trinajstić information content (AvgIpc) is 2.55. The van der Waals surface area contributed by atoms with Crippen LogP contribution in [0.4, 0.5) is 0 Å². The van der Waals surface area contributed by atoms with Crippen molar-refractivity contribution in [2.75, 3.05) is 6.54 Å². The zero-order valence-corrected chi connectivity index (χ0v) is 20.4. The normalized spacial score (nSPS) is 13.6. The molecule has 156 valence electrons. The number of amides is 1. The minimum absolute atomic E-state index is 0. The summed E-state index contributed by atoms with van der Waals surface area (Å²) in [6, 6.07) is 0. The van der Waals surface area contributed by atoms with Gasteiger partial charge in [-0.3, -0.25) is 4.79 Å². The smallest absolute Gasteiger partial charge is 0.747 e. The van der Waals surface area contributed by atoms with Crippen LogP contribution in [0.2, 0.25) is 0 Å². The Morgan fingerprint density at radius 3 is 1.70 bits per heavy atom. The van der Waals surface area contributed by atoms with Gasteiger partial charge in [-0.1, -0.05) is 84.0 Å². The molecule has 6 nitrogen and oxygen atoms in total. The van der Waals surface area contributed by atoms with Gasteiger partial charge >= 0.3 is 29.6 Å². The molecule has 0 aromatic carbocycles. The molecule has 2 unspecified atom stereocenters. The number of aliphatic hydroxyl groups is 1. The van der Waals surface area contributed by atoms with E-state index in [1.54, 1.807) is 0 Å². The summed E-state index contributed by atoms with van der Waals surface area (Å²) in [7, 11) is -4.67. The number of aliphatic hydroxyl groups excluding tert-OH is 1. The van der Waals surface area contributed by atoms with Gasteiger partial charge in [-0.25, -0.2) is 8.42 Å². The predicted molar refractivity (Wildman–Crippen MR) is 104 cm³/mol. The van der Waals surface area contributed by atoms with Crippen LogP contribution in [-0.2, 0) is 14.9 Å². The molecular weight excluding hydrogens is 377 g/mol. The van der Waals surface area contributed by atoms with Crippen LogP contribution in [0.1, 0.15) is 97.3 Å². The van der Waals surface area contributed by atoms with Crippen LogP contribution < -0.4 is 34.9 Å². The summed E-state index contributed by atoms with van der Waals surface area (Å²) in [5.41, 5.74) is 0. The average molecular weight is 416 g/mol. The Morgan fingerprint density at radius 1 is 0.926 bits per heavy atom. The SMILES string of the molecule is CCCCCCCCCCCCCCC(C(=O)NCC(C)O)S(=O)(=O)[O-].[Na+]. The first-order valence-electron chi connectivity index (χ1n) is 10.2. The van der Waals surface area contributed by atoms with Crippen LogP contribution in [0.3, 0.4) is 0 Å². The zero-order valence-electron chi connectivity index (χ0n) is 17.5. The molecule has 0 aliphatic rings. The van der Waals surface area contributed by atoms with Gasteiger partial charge in [0.05, 0.1) is 6.10 Å². The summed E-state index contributed by atoms with van der Waals surface area (Å²) >= 11 is 0. The van der Waals surface area contributed by atoms with Crippen molar-refractivity contribution in [1.82, 2.24) is 5.32 Å². The molecule has 0 aliphatic carbocycles. The second kappa shape index (κ2) is 18.4. The maximum absolute atomic E-state index is 11.8. The quantitative estimate of drug-likeness (QED) is 0.204. The molecule has 1 amide bonds. The summed E-state index contributed by atoms with van der Waals surface area (Å²) in [6.07, 6.45) is 13.0. The first kappa shape index (κ1) is 29.5. The summed E-state index contributed by atoms with van der Waals surface area (Å²) < 4.78 is 33.8. The number of hydrogen-bond donors (Lipinski definition) is 2. The van der Waals surface area contributed by atoms with Crippen molar-refractivity contribution in [2.24, 2.45) is 0 Å². The van der Waals surface area contributed by atoms with E-state index < -0.39 is 27.4 Å². The number of rotatable bonds is 17. The predicted octanol–water partition coefficient (Wildman–Crippen LogP) is 0.492. The largest absolute Gasteiger partial charge is 1.00 e. The number of carbonyl (C=O) groups is 1. The van der Waals surface area contributed by atoms with E-state index in [1.165, 1.54) is 58.3 Å². The molecule has 27 heavy (non-hydrogen) atoms. The van der Waals surface area contributed by atoms with E-state index in [0.717, 1.165) is 19.3 Å². The van der Waals surface area contributed by atoms with E-state index >= 15 is 0 Å². The monoisotopic (exact) mass is 415 g/mol. The third-order valence-corrected chi connectivity index (χ3v) is 5.68. The molecule has 0 saturated heterocycles. The van der Waals surface area contributed by atoms with Gasteiger partial charge in [0.2, 0.25) is 5.91 Å². The molecule has 0 aromatic heterocycles. The molecule has 2 N–H and O–H groups in total. The van der Waals surface area contributed by atoms with Crippen LogP contribution in [0.15, 0.2) is 0 Å².